The highest BCUT2D eigenvalue weighted by Gasteiger charge is 2.23. The summed E-state index contributed by atoms with van der Waals surface area (Å²) in [6, 6.07) is 18.5. The minimum absolute atomic E-state index is 0.0218. The fraction of sp³-hybridized carbons (Fsp3) is 0.174. The number of hydrogen-bond donors (Lipinski definition) is 1. The van der Waals surface area contributed by atoms with Gasteiger partial charge in [0.2, 0.25) is 0 Å². The molecule has 0 saturated heterocycles. The summed E-state index contributed by atoms with van der Waals surface area (Å²) in [7, 11) is -2.36. The first-order chi connectivity index (χ1) is 14.2. The van der Waals surface area contributed by atoms with Crippen LogP contribution >= 0.6 is 0 Å². The van der Waals surface area contributed by atoms with E-state index in [1.54, 1.807) is 43.3 Å². The number of carbonyl (C=O) groups excluding carboxylic acids is 1. The number of nitrogens with one attached hydrogen (secondary N) is 1. The quantitative estimate of drug-likeness (QED) is 0.633. The summed E-state index contributed by atoms with van der Waals surface area (Å²) in [5.41, 5.74) is 2.45. The maximum absolute atomic E-state index is 13.1. The van der Waals surface area contributed by atoms with Crippen molar-refractivity contribution in [2.45, 2.75) is 24.8 Å². The minimum atomic E-state index is -3.84. The number of amides is 1. The molecule has 1 atom stereocenters. The molecule has 0 aliphatic carbocycles. The molecule has 0 aliphatic heterocycles. The molecular formula is C23H23FN2O3S. The molecule has 0 aliphatic rings. The Morgan fingerprint density at radius 2 is 1.67 bits per heavy atom. The Bertz CT molecular complexity index is 1160. The second kappa shape index (κ2) is 8.67. The maximum Gasteiger partial charge on any atom is 0.264 e. The van der Waals surface area contributed by atoms with Gasteiger partial charge in [0.15, 0.2) is 0 Å². The molecule has 0 spiro atoms. The lowest BCUT2D eigenvalue weighted by Gasteiger charge is -2.20. The van der Waals surface area contributed by atoms with Crippen LogP contribution in [0.25, 0.3) is 0 Å². The predicted octanol–water partition coefficient (Wildman–Crippen LogP) is 4.45. The molecule has 3 aromatic carbocycles. The molecule has 3 rings (SSSR count). The molecule has 1 N–H and O–H groups in total. The van der Waals surface area contributed by atoms with E-state index in [4.69, 9.17) is 0 Å². The van der Waals surface area contributed by atoms with Gasteiger partial charge in [-0.2, -0.15) is 0 Å². The first-order valence-corrected chi connectivity index (χ1v) is 10.8. The molecule has 156 valence electrons. The highest BCUT2D eigenvalue weighted by atomic mass is 32.2. The smallest absolute Gasteiger partial charge is 0.264 e. The van der Waals surface area contributed by atoms with Crippen LogP contribution in [0.15, 0.2) is 77.7 Å². The average molecular weight is 427 g/mol. The van der Waals surface area contributed by atoms with E-state index in [2.05, 4.69) is 5.32 Å². The molecule has 0 bridgehead atoms. The van der Waals surface area contributed by atoms with Gasteiger partial charge < -0.3 is 5.32 Å². The lowest BCUT2D eigenvalue weighted by Crippen LogP contribution is -2.28. The van der Waals surface area contributed by atoms with E-state index in [9.17, 15) is 17.6 Å². The molecule has 0 heterocycles. The van der Waals surface area contributed by atoms with E-state index in [0.29, 0.717) is 5.69 Å². The highest BCUT2D eigenvalue weighted by Crippen LogP contribution is 2.23. The molecule has 1 amide bonds. The van der Waals surface area contributed by atoms with Gasteiger partial charge in [0.25, 0.3) is 15.9 Å². The number of aryl methyl sites for hydroxylation is 1. The molecule has 30 heavy (non-hydrogen) atoms. The third-order valence-corrected chi connectivity index (χ3v) is 6.62. The zero-order chi connectivity index (χ0) is 21.9. The Hall–Kier alpha value is -3.19. The first-order valence-electron chi connectivity index (χ1n) is 9.40. The standard InChI is InChI=1S/C23H23FN2O3S/c1-16-6-4-8-21(14-16)26(3)30(28,29)22-9-5-7-19(15-22)23(27)25-17(2)18-10-12-20(24)13-11-18/h4-15,17H,1-3H3,(H,25,27). The summed E-state index contributed by atoms with van der Waals surface area (Å²) < 4.78 is 40.4. The SMILES string of the molecule is Cc1cccc(N(C)S(=O)(=O)c2cccc(C(=O)NC(C)c3ccc(F)cc3)c2)c1. The predicted molar refractivity (Wildman–Crippen MR) is 115 cm³/mol. The normalized spacial score (nSPS) is 12.3. The van der Waals surface area contributed by atoms with Gasteiger partial charge in [-0.1, -0.05) is 30.3 Å². The van der Waals surface area contributed by atoms with Gasteiger partial charge in [-0.3, -0.25) is 9.10 Å². The molecular weight excluding hydrogens is 403 g/mol. The van der Waals surface area contributed by atoms with Gasteiger partial charge in [0, 0.05) is 12.6 Å². The molecule has 1 unspecified atom stereocenters. The molecule has 7 heteroatoms. The largest absolute Gasteiger partial charge is 0.346 e. The third-order valence-electron chi connectivity index (χ3n) is 4.84. The van der Waals surface area contributed by atoms with E-state index >= 15 is 0 Å². The van der Waals surface area contributed by atoms with Crippen molar-refractivity contribution < 1.29 is 17.6 Å². The molecule has 3 aromatic rings. The maximum atomic E-state index is 13.1. The highest BCUT2D eigenvalue weighted by molar-refractivity contribution is 7.92. The van der Waals surface area contributed by atoms with Gasteiger partial charge in [-0.05, 0) is 67.4 Å². The van der Waals surface area contributed by atoms with E-state index in [1.807, 2.05) is 13.0 Å². The van der Waals surface area contributed by atoms with Gasteiger partial charge in [0.05, 0.1) is 16.6 Å². The van der Waals surface area contributed by atoms with Crippen LogP contribution in [0.3, 0.4) is 0 Å². The monoisotopic (exact) mass is 426 g/mol. The fourth-order valence-electron chi connectivity index (χ4n) is 3.03. The van der Waals surface area contributed by atoms with E-state index in [1.165, 1.54) is 41.7 Å². The van der Waals surface area contributed by atoms with Crippen LogP contribution in [0.2, 0.25) is 0 Å². The number of anilines is 1. The van der Waals surface area contributed by atoms with Crippen LogP contribution in [-0.4, -0.2) is 21.4 Å². The van der Waals surface area contributed by atoms with Gasteiger partial charge in [-0.15, -0.1) is 0 Å². The zero-order valence-electron chi connectivity index (χ0n) is 17.0. The Balaban J connectivity index is 1.82. The van der Waals surface area contributed by atoms with E-state index < -0.39 is 15.9 Å². The number of benzene rings is 3. The summed E-state index contributed by atoms with van der Waals surface area (Å²) in [6.07, 6.45) is 0. The summed E-state index contributed by atoms with van der Waals surface area (Å²) >= 11 is 0. The van der Waals surface area contributed by atoms with Crippen molar-refractivity contribution in [3.8, 4) is 0 Å². The number of halogens is 1. The zero-order valence-corrected chi connectivity index (χ0v) is 17.8. The van der Waals surface area contributed by atoms with Gasteiger partial charge in [-0.25, -0.2) is 12.8 Å². The lowest BCUT2D eigenvalue weighted by molar-refractivity contribution is 0.0939. The molecule has 0 aromatic heterocycles. The van der Waals surface area contributed by atoms with Crippen molar-refractivity contribution in [1.82, 2.24) is 5.32 Å². The number of nitrogens with zero attached hydrogens (tertiary/aromatic N) is 1. The topological polar surface area (TPSA) is 66.5 Å². The summed E-state index contributed by atoms with van der Waals surface area (Å²) in [4.78, 5) is 12.7. The Morgan fingerprint density at radius 3 is 2.33 bits per heavy atom. The van der Waals surface area contributed by atoms with Crippen LogP contribution in [-0.2, 0) is 10.0 Å². The van der Waals surface area contributed by atoms with E-state index in [-0.39, 0.29) is 22.3 Å². The molecule has 5 nitrogen and oxygen atoms in total. The van der Waals surface area contributed by atoms with Gasteiger partial charge in [0.1, 0.15) is 5.82 Å². The Labute approximate surface area is 176 Å². The van der Waals surface area contributed by atoms with Crippen molar-refractivity contribution in [3.63, 3.8) is 0 Å². The van der Waals surface area contributed by atoms with Crippen LogP contribution in [0.4, 0.5) is 10.1 Å². The second-order valence-corrected chi connectivity index (χ2v) is 9.06. The number of sulfonamides is 1. The number of hydrogen-bond acceptors (Lipinski definition) is 3. The van der Waals surface area contributed by atoms with Crippen molar-refractivity contribution in [1.29, 1.82) is 0 Å². The van der Waals surface area contributed by atoms with Crippen LogP contribution in [0, 0.1) is 12.7 Å². The van der Waals surface area contributed by atoms with E-state index in [0.717, 1.165) is 11.1 Å². The van der Waals surface area contributed by atoms with Crippen molar-refractivity contribution in [2.24, 2.45) is 0 Å². The lowest BCUT2D eigenvalue weighted by atomic mass is 10.1. The Kier molecular flexibility index (Phi) is 6.22. The Morgan fingerprint density at radius 1 is 1.00 bits per heavy atom. The number of carbonyl (C=O) groups is 1. The number of rotatable bonds is 6. The van der Waals surface area contributed by atoms with Gasteiger partial charge >= 0.3 is 0 Å². The second-order valence-electron chi connectivity index (χ2n) is 7.09. The molecule has 0 fully saturated rings. The van der Waals surface area contributed by atoms with Crippen LogP contribution in [0.1, 0.15) is 34.5 Å². The fourth-order valence-corrected chi connectivity index (χ4v) is 4.27. The average Bonchev–Trinajstić information content (AvgIpc) is 2.73. The summed E-state index contributed by atoms with van der Waals surface area (Å²) in [6.45, 7) is 3.66. The summed E-state index contributed by atoms with van der Waals surface area (Å²) in [5.74, 6) is -0.769. The van der Waals surface area contributed by atoms with Crippen molar-refractivity contribution >= 4 is 21.6 Å². The first kappa shape index (κ1) is 21.5. The van der Waals surface area contributed by atoms with Crippen LogP contribution in [0.5, 0.6) is 0 Å². The van der Waals surface area contributed by atoms with Crippen LogP contribution < -0.4 is 9.62 Å². The molecule has 0 saturated carbocycles. The summed E-state index contributed by atoms with van der Waals surface area (Å²) in [5, 5.41) is 2.81. The third kappa shape index (κ3) is 4.68. The minimum Gasteiger partial charge on any atom is -0.346 e. The molecule has 0 radical (unpaired) electrons. The van der Waals surface area contributed by atoms with Crippen molar-refractivity contribution in [3.05, 3.63) is 95.3 Å². The van der Waals surface area contributed by atoms with Crippen molar-refractivity contribution in [2.75, 3.05) is 11.4 Å².